The zero-order valence-electron chi connectivity index (χ0n) is 16.7. The number of furan rings is 1. The highest BCUT2D eigenvalue weighted by atomic mass is 32.2. The van der Waals surface area contributed by atoms with E-state index in [0.29, 0.717) is 5.76 Å². The van der Waals surface area contributed by atoms with Crippen LogP contribution in [0.3, 0.4) is 0 Å². The third-order valence-corrected chi connectivity index (χ3v) is 6.85. The number of carbonyl (C=O) groups is 2. The molecule has 0 saturated carbocycles. The molecule has 1 fully saturated rings. The monoisotopic (exact) mass is 436 g/mol. The number of aryl methyl sites for hydroxylation is 2. The maximum atomic E-state index is 13.0. The van der Waals surface area contributed by atoms with Gasteiger partial charge in [-0.05, 0) is 49.2 Å². The lowest BCUT2D eigenvalue weighted by molar-refractivity contribution is -0.151. The van der Waals surface area contributed by atoms with Crippen LogP contribution in [0.4, 0.5) is 0 Å². The second kappa shape index (κ2) is 8.99. The van der Waals surface area contributed by atoms with E-state index in [2.05, 4.69) is 5.32 Å². The first kappa shape index (κ1) is 22.0. The minimum Gasteiger partial charge on any atom is -0.467 e. The van der Waals surface area contributed by atoms with Crippen LogP contribution in [0, 0.1) is 13.8 Å². The van der Waals surface area contributed by atoms with E-state index in [1.165, 1.54) is 18.4 Å². The van der Waals surface area contributed by atoms with E-state index < -0.39 is 40.7 Å². The molecule has 0 bridgehead atoms. The quantitative estimate of drug-likeness (QED) is 0.617. The molecule has 1 unspecified atom stereocenters. The highest BCUT2D eigenvalue weighted by Crippen LogP contribution is 2.28. The third kappa shape index (κ3) is 4.89. The molecule has 0 spiro atoms. The summed E-state index contributed by atoms with van der Waals surface area (Å²) in [5, 5.41) is 12.5. The molecule has 1 amide bonds. The molecule has 1 aromatic heterocycles. The molecule has 9 nitrogen and oxygen atoms in total. The van der Waals surface area contributed by atoms with Crippen molar-refractivity contribution in [3.8, 4) is 0 Å². The molecular formula is C20H24N2O7S. The lowest BCUT2D eigenvalue weighted by Crippen LogP contribution is -2.42. The van der Waals surface area contributed by atoms with E-state index in [1.807, 2.05) is 6.92 Å². The normalized spacial score (nSPS) is 19.6. The number of aliphatic hydroxyl groups excluding tert-OH is 1. The number of nitrogens with one attached hydrogen (secondary N) is 1. The largest absolute Gasteiger partial charge is 0.467 e. The van der Waals surface area contributed by atoms with Crippen molar-refractivity contribution >= 4 is 21.9 Å². The summed E-state index contributed by atoms with van der Waals surface area (Å²) in [5.41, 5.74) is 1.73. The van der Waals surface area contributed by atoms with Crippen LogP contribution in [-0.2, 0) is 30.9 Å². The summed E-state index contributed by atoms with van der Waals surface area (Å²) in [7, 11) is -4.02. The van der Waals surface area contributed by atoms with Crippen molar-refractivity contribution < 1.29 is 32.3 Å². The van der Waals surface area contributed by atoms with E-state index in [1.54, 1.807) is 25.1 Å². The average Bonchev–Trinajstić information content (AvgIpc) is 3.36. The number of hydrogen-bond acceptors (Lipinski definition) is 7. The number of nitrogens with zero attached hydrogens (tertiary/aromatic N) is 1. The van der Waals surface area contributed by atoms with E-state index in [4.69, 9.17) is 9.15 Å². The van der Waals surface area contributed by atoms with Crippen LogP contribution in [-0.4, -0.2) is 55.0 Å². The Bertz CT molecular complexity index is 1020. The Morgan fingerprint density at radius 3 is 2.70 bits per heavy atom. The van der Waals surface area contributed by atoms with Crippen LogP contribution < -0.4 is 5.32 Å². The number of benzene rings is 1. The van der Waals surface area contributed by atoms with Gasteiger partial charge in [0.05, 0.1) is 23.8 Å². The molecule has 2 N–H and O–H groups in total. The molecular weight excluding hydrogens is 412 g/mol. The summed E-state index contributed by atoms with van der Waals surface area (Å²) in [6, 6.07) is 6.83. The second-order valence-corrected chi connectivity index (χ2v) is 9.08. The highest BCUT2D eigenvalue weighted by Gasteiger charge is 2.44. The summed E-state index contributed by atoms with van der Waals surface area (Å²) in [5.74, 6) is -0.895. The predicted octanol–water partition coefficient (Wildman–Crippen LogP) is 0.880. The summed E-state index contributed by atoms with van der Waals surface area (Å²) in [6.07, 6.45) is 0.366. The van der Waals surface area contributed by atoms with Gasteiger partial charge < -0.3 is 19.6 Å². The number of rotatable bonds is 7. The standard InChI is InChI=1S/C20H24N2O7S/c1-13-5-6-17(8-14(13)2)30(26,27)22-11-15(23)9-18(22)20(25)29-12-19(24)21-10-16-4-3-7-28-16/h3-8,15,18,23H,9-12H2,1-2H3,(H,21,24)/t15?,18-/m0/s1. The topological polar surface area (TPSA) is 126 Å². The Morgan fingerprint density at radius 1 is 1.27 bits per heavy atom. The molecule has 1 aliphatic heterocycles. The zero-order chi connectivity index (χ0) is 21.9. The number of hydrogen-bond donors (Lipinski definition) is 2. The van der Waals surface area contributed by atoms with Crippen LogP contribution in [0.5, 0.6) is 0 Å². The number of amides is 1. The Morgan fingerprint density at radius 2 is 2.03 bits per heavy atom. The van der Waals surface area contributed by atoms with Gasteiger partial charge in [-0.25, -0.2) is 8.42 Å². The lowest BCUT2D eigenvalue weighted by atomic mass is 10.1. The smallest absolute Gasteiger partial charge is 0.325 e. The van der Waals surface area contributed by atoms with Crippen molar-refractivity contribution in [3.63, 3.8) is 0 Å². The Labute approximate surface area is 174 Å². The molecule has 1 saturated heterocycles. The first-order valence-corrected chi connectivity index (χ1v) is 10.9. The molecule has 30 heavy (non-hydrogen) atoms. The van der Waals surface area contributed by atoms with Gasteiger partial charge >= 0.3 is 5.97 Å². The van der Waals surface area contributed by atoms with E-state index in [-0.39, 0.29) is 24.4 Å². The van der Waals surface area contributed by atoms with Crippen molar-refractivity contribution in [2.75, 3.05) is 13.2 Å². The number of β-amino-alcohol motifs (C(OH)–C–C–N with tert-alkyl or cyclic N) is 1. The zero-order valence-corrected chi connectivity index (χ0v) is 17.5. The van der Waals surface area contributed by atoms with Crippen molar-refractivity contribution in [2.24, 2.45) is 0 Å². The SMILES string of the molecule is Cc1ccc(S(=O)(=O)N2CC(O)C[C@H]2C(=O)OCC(=O)NCc2ccco2)cc1C. The molecule has 1 aliphatic rings. The minimum absolute atomic E-state index is 0.0358. The van der Waals surface area contributed by atoms with Gasteiger partial charge in [0.25, 0.3) is 5.91 Å². The fourth-order valence-corrected chi connectivity index (χ4v) is 4.87. The minimum atomic E-state index is -4.02. The van der Waals surface area contributed by atoms with E-state index >= 15 is 0 Å². The number of esters is 1. The van der Waals surface area contributed by atoms with Gasteiger partial charge in [-0.2, -0.15) is 4.31 Å². The molecule has 10 heteroatoms. The van der Waals surface area contributed by atoms with E-state index in [9.17, 15) is 23.1 Å². The summed E-state index contributed by atoms with van der Waals surface area (Å²) in [6.45, 7) is 3.00. The number of carbonyl (C=O) groups excluding carboxylic acids is 2. The molecule has 162 valence electrons. The second-order valence-electron chi connectivity index (χ2n) is 7.19. The number of ether oxygens (including phenoxy) is 1. The van der Waals surface area contributed by atoms with Gasteiger partial charge in [-0.3, -0.25) is 9.59 Å². The maximum Gasteiger partial charge on any atom is 0.325 e. The Kier molecular flexibility index (Phi) is 6.59. The van der Waals surface area contributed by atoms with Gasteiger partial charge in [0, 0.05) is 13.0 Å². The van der Waals surface area contributed by atoms with Crippen molar-refractivity contribution in [1.29, 1.82) is 0 Å². The molecule has 3 rings (SSSR count). The number of aliphatic hydroxyl groups is 1. The van der Waals surface area contributed by atoms with Gasteiger partial charge in [0.1, 0.15) is 11.8 Å². The van der Waals surface area contributed by atoms with Crippen LogP contribution in [0.2, 0.25) is 0 Å². The van der Waals surface area contributed by atoms with Crippen LogP contribution in [0.25, 0.3) is 0 Å². The predicted molar refractivity (Wildman–Crippen MR) is 106 cm³/mol. The molecule has 2 atom stereocenters. The fraction of sp³-hybridized carbons (Fsp3) is 0.400. The van der Waals surface area contributed by atoms with Crippen molar-refractivity contribution in [2.45, 2.75) is 43.9 Å². The number of sulfonamides is 1. The van der Waals surface area contributed by atoms with Crippen LogP contribution in [0.15, 0.2) is 45.9 Å². The molecule has 0 aliphatic carbocycles. The molecule has 2 aromatic rings. The first-order valence-electron chi connectivity index (χ1n) is 9.41. The molecule has 1 aromatic carbocycles. The summed E-state index contributed by atoms with van der Waals surface area (Å²) >= 11 is 0. The van der Waals surface area contributed by atoms with Gasteiger partial charge in [-0.15, -0.1) is 0 Å². The molecule has 0 radical (unpaired) electrons. The lowest BCUT2D eigenvalue weighted by Gasteiger charge is -2.22. The summed E-state index contributed by atoms with van der Waals surface area (Å²) in [4.78, 5) is 24.4. The summed E-state index contributed by atoms with van der Waals surface area (Å²) < 4.78 is 37.1. The van der Waals surface area contributed by atoms with Crippen molar-refractivity contribution in [1.82, 2.24) is 9.62 Å². The fourth-order valence-electron chi connectivity index (χ4n) is 3.16. The molecule has 2 heterocycles. The van der Waals surface area contributed by atoms with E-state index in [0.717, 1.165) is 15.4 Å². The van der Waals surface area contributed by atoms with Crippen LogP contribution >= 0.6 is 0 Å². The Balaban J connectivity index is 1.65. The third-order valence-electron chi connectivity index (χ3n) is 4.98. The maximum absolute atomic E-state index is 13.0. The van der Waals surface area contributed by atoms with Gasteiger partial charge in [0.2, 0.25) is 10.0 Å². The average molecular weight is 436 g/mol. The van der Waals surface area contributed by atoms with Crippen molar-refractivity contribution in [3.05, 3.63) is 53.5 Å². The first-order chi connectivity index (χ1) is 14.2. The highest BCUT2D eigenvalue weighted by molar-refractivity contribution is 7.89. The van der Waals surface area contributed by atoms with Gasteiger partial charge in [0.15, 0.2) is 6.61 Å². The van der Waals surface area contributed by atoms with Crippen LogP contribution in [0.1, 0.15) is 23.3 Å². The Hall–Kier alpha value is -2.69. The van der Waals surface area contributed by atoms with Gasteiger partial charge in [-0.1, -0.05) is 6.07 Å².